The second kappa shape index (κ2) is 4.64. The summed E-state index contributed by atoms with van der Waals surface area (Å²) in [5, 5.41) is 0. The van der Waals surface area contributed by atoms with Gasteiger partial charge in [-0.1, -0.05) is 20.8 Å². The Hall–Kier alpha value is -0.730. The van der Waals surface area contributed by atoms with Crippen molar-refractivity contribution in [3.63, 3.8) is 0 Å². The molecule has 1 aliphatic carbocycles. The molecule has 1 saturated carbocycles. The maximum absolute atomic E-state index is 11.8. The smallest absolute Gasteiger partial charge is 0.410 e. The fourth-order valence-corrected chi connectivity index (χ4v) is 2.54. The molecular weight excluding hydrogens is 202 g/mol. The van der Waals surface area contributed by atoms with Crippen LogP contribution in [-0.2, 0) is 4.74 Å². The molecule has 3 fully saturated rings. The van der Waals surface area contributed by atoms with E-state index in [9.17, 15) is 4.79 Å². The topological polar surface area (TPSA) is 29.5 Å². The van der Waals surface area contributed by atoms with Gasteiger partial charge in [0.2, 0.25) is 0 Å². The average Bonchev–Trinajstić information content (AvgIpc) is 2.60. The Morgan fingerprint density at radius 3 is 2.12 bits per heavy atom. The highest BCUT2D eigenvalue weighted by Crippen LogP contribution is 2.45. The fourth-order valence-electron chi connectivity index (χ4n) is 2.54. The Kier molecular flexibility index (Phi) is 3.87. The van der Waals surface area contributed by atoms with E-state index < -0.39 is 0 Å². The van der Waals surface area contributed by atoms with Gasteiger partial charge in [0.1, 0.15) is 5.60 Å². The van der Waals surface area contributed by atoms with Crippen LogP contribution in [-0.4, -0.2) is 28.7 Å². The highest BCUT2D eigenvalue weighted by atomic mass is 16.6. The van der Waals surface area contributed by atoms with E-state index in [4.69, 9.17) is 4.74 Å². The van der Waals surface area contributed by atoms with Crippen LogP contribution >= 0.6 is 0 Å². The number of rotatable bonds is 0. The second-order valence-corrected chi connectivity index (χ2v) is 5.56. The average molecular weight is 227 g/mol. The Balaban J connectivity index is 0.000000606. The summed E-state index contributed by atoms with van der Waals surface area (Å²) in [5.74, 6) is 0.660. The minimum absolute atomic E-state index is 0.122. The summed E-state index contributed by atoms with van der Waals surface area (Å²) in [7, 11) is 0. The van der Waals surface area contributed by atoms with Gasteiger partial charge in [0, 0.05) is 12.1 Å². The van der Waals surface area contributed by atoms with Crippen LogP contribution in [0.3, 0.4) is 0 Å². The monoisotopic (exact) mass is 227 g/mol. The maximum Gasteiger partial charge on any atom is 0.410 e. The van der Waals surface area contributed by atoms with Gasteiger partial charge in [-0.25, -0.2) is 4.79 Å². The lowest BCUT2D eigenvalue weighted by atomic mass is 10.0. The van der Waals surface area contributed by atoms with E-state index in [1.807, 2.05) is 39.5 Å². The number of hydrogen-bond acceptors (Lipinski definition) is 2. The van der Waals surface area contributed by atoms with E-state index in [2.05, 4.69) is 6.92 Å². The molecule has 2 heterocycles. The molecule has 0 aromatic carbocycles. The van der Waals surface area contributed by atoms with Crippen LogP contribution in [0.15, 0.2) is 0 Å². The van der Waals surface area contributed by atoms with Gasteiger partial charge in [0.25, 0.3) is 0 Å². The third kappa shape index (κ3) is 2.50. The predicted octanol–water partition coefficient (Wildman–Crippen LogP) is 3.43. The molecular formula is C13H25NO2. The molecule has 0 spiro atoms. The second-order valence-electron chi connectivity index (χ2n) is 5.56. The van der Waals surface area contributed by atoms with Crippen molar-refractivity contribution in [2.45, 2.75) is 72.1 Å². The molecule has 3 unspecified atom stereocenters. The van der Waals surface area contributed by atoms with Crippen molar-refractivity contribution in [3.05, 3.63) is 0 Å². The molecule has 0 aromatic heterocycles. The molecule has 3 atom stereocenters. The van der Waals surface area contributed by atoms with Gasteiger partial charge in [-0.05, 0) is 39.5 Å². The highest BCUT2D eigenvalue weighted by Gasteiger charge is 2.52. The normalized spacial score (nSPS) is 31.4. The van der Waals surface area contributed by atoms with Gasteiger partial charge < -0.3 is 9.64 Å². The first-order valence-electron chi connectivity index (χ1n) is 6.40. The zero-order chi connectivity index (χ0) is 12.5. The SMILES string of the molecule is CC.CC1CC2CC1N2C(=O)OC(C)(C)C. The number of amides is 1. The van der Waals surface area contributed by atoms with Crippen molar-refractivity contribution in [2.24, 2.45) is 5.92 Å². The van der Waals surface area contributed by atoms with Crippen molar-refractivity contribution >= 4 is 6.09 Å². The predicted molar refractivity (Wildman–Crippen MR) is 65.4 cm³/mol. The summed E-state index contributed by atoms with van der Waals surface area (Å²) in [6.07, 6.45) is 2.22. The Bertz CT molecular complexity index is 257. The van der Waals surface area contributed by atoms with Crippen LogP contribution in [0.25, 0.3) is 0 Å². The van der Waals surface area contributed by atoms with Crippen molar-refractivity contribution in [2.75, 3.05) is 0 Å². The summed E-state index contributed by atoms with van der Waals surface area (Å²) in [6, 6.07) is 0.916. The van der Waals surface area contributed by atoms with Gasteiger partial charge in [0.05, 0.1) is 0 Å². The third-order valence-electron chi connectivity index (χ3n) is 3.17. The minimum Gasteiger partial charge on any atom is -0.444 e. The number of carbonyl (C=O) groups excluding carboxylic acids is 1. The zero-order valence-corrected chi connectivity index (χ0v) is 11.4. The zero-order valence-electron chi connectivity index (χ0n) is 11.4. The molecule has 3 nitrogen and oxygen atoms in total. The fraction of sp³-hybridized carbons (Fsp3) is 0.923. The van der Waals surface area contributed by atoms with Crippen LogP contribution in [0.1, 0.15) is 54.4 Å². The van der Waals surface area contributed by atoms with Gasteiger partial charge >= 0.3 is 6.09 Å². The van der Waals surface area contributed by atoms with Crippen LogP contribution in [0.4, 0.5) is 4.79 Å². The molecule has 0 radical (unpaired) electrons. The molecule has 3 heteroatoms. The summed E-state index contributed by atoms with van der Waals surface area (Å²) in [4.78, 5) is 13.7. The van der Waals surface area contributed by atoms with Crippen molar-refractivity contribution in [1.82, 2.24) is 4.90 Å². The van der Waals surface area contributed by atoms with E-state index in [1.54, 1.807) is 0 Å². The minimum atomic E-state index is -0.366. The standard InChI is InChI=1S/C11H19NO2.C2H6/c1-7-5-8-6-9(7)12(8)10(13)14-11(2,3)4;1-2/h7-9H,5-6H2,1-4H3;1-2H3. The van der Waals surface area contributed by atoms with Crippen molar-refractivity contribution < 1.29 is 9.53 Å². The van der Waals surface area contributed by atoms with Crippen LogP contribution in [0.2, 0.25) is 0 Å². The van der Waals surface area contributed by atoms with Gasteiger partial charge in [0.15, 0.2) is 0 Å². The highest BCUT2D eigenvalue weighted by molar-refractivity contribution is 5.70. The first-order chi connectivity index (χ1) is 7.38. The molecule has 0 aromatic rings. The summed E-state index contributed by atoms with van der Waals surface area (Å²) >= 11 is 0. The van der Waals surface area contributed by atoms with Gasteiger partial charge in [-0.3, -0.25) is 0 Å². The summed E-state index contributed by atoms with van der Waals surface area (Å²) in [5.41, 5.74) is -0.366. The molecule has 2 bridgehead atoms. The number of carbonyl (C=O) groups is 1. The van der Waals surface area contributed by atoms with Crippen molar-refractivity contribution in [1.29, 1.82) is 0 Å². The van der Waals surface area contributed by atoms with E-state index in [1.165, 1.54) is 6.42 Å². The largest absolute Gasteiger partial charge is 0.444 e. The quantitative estimate of drug-likeness (QED) is 0.634. The molecule has 0 N–H and O–H groups in total. The molecule has 16 heavy (non-hydrogen) atoms. The van der Waals surface area contributed by atoms with E-state index in [0.717, 1.165) is 6.42 Å². The lowest BCUT2D eigenvalue weighted by Crippen LogP contribution is -2.54. The van der Waals surface area contributed by atoms with Crippen molar-refractivity contribution in [3.8, 4) is 0 Å². The molecule has 3 aliphatic rings. The van der Waals surface area contributed by atoms with Crippen LogP contribution < -0.4 is 0 Å². The summed E-state index contributed by atoms with van der Waals surface area (Å²) < 4.78 is 5.36. The maximum atomic E-state index is 11.8. The summed E-state index contributed by atoms with van der Waals surface area (Å²) in [6.45, 7) is 12.0. The number of hydrogen-bond donors (Lipinski definition) is 0. The number of ether oxygens (including phenoxy) is 1. The Labute approximate surface area is 99.1 Å². The number of fused-ring (bicyclic) bond motifs is 1. The number of nitrogens with zero attached hydrogens (tertiary/aromatic N) is 1. The first kappa shape index (κ1) is 13.3. The molecule has 2 saturated heterocycles. The van der Waals surface area contributed by atoms with Crippen LogP contribution in [0, 0.1) is 5.92 Å². The lowest BCUT2D eigenvalue weighted by Gasteiger charge is -2.41. The van der Waals surface area contributed by atoms with E-state index in [-0.39, 0.29) is 11.7 Å². The van der Waals surface area contributed by atoms with E-state index in [0.29, 0.717) is 18.0 Å². The molecule has 3 rings (SSSR count). The molecule has 2 aliphatic heterocycles. The van der Waals surface area contributed by atoms with Gasteiger partial charge in [-0.15, -0.1) is 0 Å². The lowest BCUT2D eigenvalue weighted by molar-refractivity contribution is -0.0118. The first-order valence-corrected chi connectivity index (χ1v) is 6.40. The Morgan fingerprint density at radius 1 is 1.25 bits per heavy atom. The molecule has 1 amide bonds. The van der Waals surface area contributed by atoms with Crippen LogP contribution in [0.5, 0.6) is 0 Å². The molecule has 94 valence electrons. The van der Waals surface area contributed by atoms with Gasteiger partial charge in [-0.2, -0.15) is 0 Å². The third-order valence-corrected chi connectivity index (χ3v) is 3.17. The Morgan fingerprint density at radius 2 is 1.81 bits per heavy atom. The van der Waals surface area contributed by atoms with E-state index >= 15 is 0 Å².